The van der Waals surface area contributed by atoms with Gasteiger partial charge in [0.25, 0.3) is 0 Å². The van der Waals surface area contributed by atoms with E-state index in [1.807, 2.05) is 24.5 Å². The third kappa shape index (κ3) is 3.11. The van der Waals surface area contributed by atoms with E-state index in [0.717, 1.165) is 30.4 Å². The first-order valence-electron chi connectivity index (χ1n) is 7.68. The molecule has 7 heteroatoms. The molecule has 0 saturated heterocycles. The molecule has 2 rings (SSSR count). The van der Waals surface area contributed by atoms with E-state index in [9.17, 15) is 8.42 Å². The summed E-state index contributed by atoms with van der Waals surface area (Å²) in [5.74, 6) is 0. The molecule has 1 heterocycles. The average Bonchev–Trinajstić information content (AvgIpc) is 2.80. The number of sulfonamides is 1. The SMILES string of the molecule is CCCCn1c(=S)[nH]c2cc(S(=O)(=O)N(CC)CC)ccc21. The zero-order chi connectivity index (χ0) is 16.3. The summed E-state index contributed by atoms with van der Waals surface area (Å²) in [5, 5.41) is 0. The topological polar surface area (TPSA) is 58.1 Å². The summed E-state index contributed by atoms with van der Waals surface area (Å²) in [6.07, 6.45) is 2.13. The van der Waals surface area contributed by atoms with Gasteiger partial charge in [-0.2, -0.15) is 4.31 Å². The van der Waals surface area contributed by atoms with Crippen molar-refractivity contribution in [3.8, 4) is 0 Å². The lowest BCUT2D eigenvalue weighted by Gasteiger charge is -2.18. The number of nitrogens with one attached hydrogen (secondary N) is 1. The van der Waals surface area contributed by atoms with Crippen molar-refractivity contribution in [3.63, 3.8) is 0 Å². The van der Waals surface area contributed by atoms with Crippen LogP contribution in [0.5, 0.6) is 0 Å². The van der Waals surface area contributed by atoms with Crippen molar-refractivity contribution < 1.29 is 8.42 Å². The van der Waals surface area contributed by atoms with Crippen LogP contribution in [0.3, 0.4) is 0 Å². The third-order valence-electron chi connectivity index (χ3n) is 3.82. The number of unbranched alkanes of at least 4 members (excludes halogenated alkanes) is 1. The van der Waals surface area contributed by atoms with Crippen molar-refractivity contribution in [3.05, 3.63) is 23.0 Å². The van der Waals surface area contributed by atoms with Crippen molar-refractivity contribution in [1.29, 1.82) is 0 Å². The van der Waals surface area contributed by atoms with Crippen LogP contribution in [-0.2, 0) is 16.6 Å². The molecule has 0 amide bonds. The molecular weight excluding hydrogens is 318 g/mol. The van der Waals surface area contributed by atoms with Gasteiger partial charge in [0.15, 0.2) is 4.77 Å². The van der Waals surface area contributed by atoms with Gasteiger partial charge in [-0.1, -0.05) is 27.2 Å². The van der Waals surface area contributed by atoms with E-state index in [1.165, 1.54) is 4.31 Å². The quantitative estimate of drug-likeness (QED) is 0.784. The second-order valence-corrected chi connectivity index (χ2v) is 7.53. The van der Waals surface area contributed by atoms with Gasteiger partial charge in [0, 0.05) is 19.6 Å². The van der Waals surface area contributed by atoms with Crippen molar-refractivity contribution in [1.82, 2.24) is 13.9 Å². The maximum atomic E-state index is 12.6. The van der Waals surface area contributed by atoms with Crippen LogP contribution in [0.15, 0.2) is 23.1 Å². The number of hydrogen-bond donors (Lipinski definition) is 1. The number of aromatic nitrogens is 2. The molecule has 2 aromatic rings. The minimum Gasteiger partial charge on any atom is -0.331 e. The van der Waals surface area contributed by atoms with E-state index in [-0.39, 0.29) is 0 Å². The van der Waals surface area contributed by atoms with Crippen LogP contribution in [0.2, 0.25) is 0 Å². The van der Waals surface area contributed by atoms with E-state index >= 15 is 0 Å². The monoisotopic (exact) mass is 341 g/mol. The van der Waals surface area contributed by atoms with Gasteiger partial charge in [-0.05, 0) is 36.8 Å². The number of fused-ring (bicyclic) bond motifs is 1. The minimum atomic E-state index is -3.44. The second kappa shape index (κ2) is 6.93. The third-order valence-corrected chi connectivity index (χ3v) is 6.19. The first-order chi connectivity index (χ1) is 10.5. The number of benzene rings is 1. The summed E-state index contributed by atoms with van der Waals surface area (Å²) >= 11 is 5.35. The lowest BCUT2D eigenvalue weighted by molar-refractivity contribution is 0.445. The van der Waals surface area contributed by atoms with Crippen molar-refractivity contribution in [2.24, 2.45) is 0 Å². The van der Waals surface area contributed by atoms with E-state index in [1.54, 1.807) is 12.1 Å². The summed E-state index contributed by atoms with van der Waals surface area (Å²) in [6, 6.07) is 5.19. The largest absolute Gasteiger partial charge is 0.331 e. The fourth-order valence-corrected chi connectivity index (χ4v) is 4.34. The van der Waals surface area contributed by atoms with Crippen LogP contribution in [0.1, 0.15) is 33.6 Å². The molecule has 0 bridgehead atoms. The predicted octanol–water partition coefficient (Wildman–Crippen LogP) is 3.53. The summed E-state index contributed by atoms with van der Waals surface area (Å²) in [4.78, 5) is 3.43. The Bertz CT molecular complexity index is 802. The molecule has 122 valence electrons. The van der Waals surface area contributed by atoms with Gasteiger partial charge < -0.3 is 9.55 Å². The Hall–Kier alpha value is -1.18. The molecule has 0 spiro atoms. The summed E-state index contributed by atoms with van der Waals surface area (Å²) < 4.78 is 29.3. The van der Waals surface area contributed by atoms with Crippen molar-refractivity contribution >= 4 is 33.3 Å². The Balaban J connectivity index is 2.50. The zero-order valence-electron chi connectivity index (χ0n) is 13.3. The zero-order valence-corrected chi connectivity index (χ0v) is 14.9. The number of nitrogens with zero attached hydrogens (tertiary/aromatic N) is 2. The van der Waals surface area contributed by atoms with Gasteiger partial charge >= 0.3 is 0 Å². The molecule has 0 aliphatic rings. The van der Waals surface area contributed by atoms with Crippen LogP contribution in [0, 0.1) is 4.77 Å². The van der Waals surface area contributed by atoms with E-state index in [2.05, 4.69) is 11.9 Å². The van der Waals surface area contributed by atoms with Crippen LogP contribution >= 0.6 is 12.2 Å². The molecule has 0 fully saturated rings. The maximum absolute atomic E-state index is 12.6. The number of aromatic amines is 1. The van der Waals surface area contributed by atoms with Crippen LogP contribution in [0.25, 0.3) is 11.0 Å². The van der Waals surface area contributed by atoms with Gasteiger partial charge in [-0.25, -0.2) is 8.42 Å². The number of imidazole rings is 1. The Morgan fingerprint density at radius 3 is 2.50 bits per heavy atom. The lowest BCUT2D eigenvalue weighted by atomic mass is 10.3. The molecular formula is C15H23N3O2S2. The highest BCUT2D eigenvalue weighted by Gasteiger charge is 2.22. The smallest absolute Gasteiger partial charge is 0.243 e. The van der Waals surface area contributed by atoms with E-state index in [0.29, 0.717) is 22.8 Å². The highest BCUT2D eigenvalue weighted by molar-refractivity contribution is 7.89. The maximum Gasteiger partial charge on any atom is 0.243 e. The first-order valence-corrected chi connectivity index (χ1v) is 9.53. The van der Waals surface area contributed by atoms with Gasteiger partial charge in [0.05, 0.1) is 15.9 Å². The molecule has 22 heavy (non-hydrogen) atoms. The number of aryl methyl sites for hydroxylation is 1. The summed E-state index contributed by atoms with van der Waals surface area (Å²) in [5.41, 5.74) is 1.73. The highest BCUT2D eigenvalue weighted by atomic mass is 32.2. The molecule has 0 radical (unpaired) electrons. The molecule has 0 aliphatic heterocycles. The molecule has 0 atom stereocenters. The molecule has 1 aromatic heterocycles. The van der Waals surface area contributed by atoms with Gasteiger partial charge in [0.1, 0.15) is 0 Å². The molecule has 1 aromatic carbocycles. The fraction of sp³-hybridized carbons (Fsp3) is 0.533. The predicted molar refractivity (Wildman–Crippen MR) is 92.1 cm³/mol. The molecule has 0 unspecified atom stereocenters. The van der Waals surface area contributed by atoms with Gasteiger partial charge in [0.2, 0.25) is 10.0 Å². The fourth-order valence-electron chi connectivity index (χ4n) is 2.55. The Kier molecular flexibility index (Phi) is 5.41. The minimum absolute atomic E-state index is 0.308. The van der Waals surface area contributed by atoms with Gasteiger partial charge in [-0.3, -0.25) is 0 Å². The second-order valence-electron chi connectivity index (χ2n) is 5.20. The van der Waals surface area contributed by atoms with Crippen LogP contribution in [-0.4, -0.2) is 35.4 Å². The highest BCUT2D eigenvalue weighted by Crippen LogP contribution is 2.22. The van der Waals surface area contributed by atoms with Gasteiger partial charge in [-0.15, -0.1) is 0 Å². The number of H-pyrrole nitrogens is 1. The molecule has 1 N–H and O–H groups in total. The Morgan fingerprint density at radius 1 is 1.23 bits per heavy atom. The van der Waals surface area contributed by atoms with Crippen molar-refractivity contribution in [2.75, 3.05) is 13.1 Å². The van der Waals surface area contributed by atoms with Crippen molar-refractivity contribution in [2.45, 2.75) is 45.1 Å². The van der Waals surface area contributed by atoms with Crippen LogP contribution < -0.4 is 0 Å². The molecule has 5 nitrogen and oxygen atoms in total. The number of hydrogen-bond acceptors (Lipinski definition) is 3. The van der Waals surface area contributed by atoms with E-state index < -0.39 is 10.0 Å². The first kappa shape index (κ1) is 17.2. The van der Waals surface area contributed by atoms with Crippen LogP contribution in [0.4, 0.5) is 0 Å². The Morgan fingerprint density at radius 2 is 1.91 bits per heavy atom. The Labute approximate surface area is 137 Å². The molecule has 0 aliphatic carbocycles. The van der Waals surface area contributed by atoms with E-state index in [4.69, 9.17) is 12.2 Å². The number of rotatable bonds is 7. The summed E-state index contributed by atoms with van der Waals surface area (Å²) in [6.45, 7) is 7.59. The molecule has 0 saturated carbocycles. The average molecular weight is 342 g/mol. The standard InChI is InChI=1S/C15H23N3O2S2/c1-4-7-10-18-14-9-8-12(11-13(14)16-15(18)21)22(19,20)17(5-2)6-3/h8-9,11H,4-7,10H2,1-3H3,(H,16,21). The normalized spacial score (nSPS) is 12.4. The lowest BCUT2D eigenvalue weighted by Crippen LogP contribution is -2.30. The summed E-state index contributed by atoms with van der Waals surface area (Å²) in [7, 11) is -3.44.